The highest BCUT2D eigenvalue weighted by Gasteiger charge is 2.40. The van der Waals surface area contributed by atoms with Gasteiger partial charge in [-0.1, -0.05) is 30.4 Å². The molecule has 0 aromatic heterocycles. The average molecular weight is 377 g/mol. The first-order valence-corrected chi connectivity index (χ1v) is 8.57. The summed E-state index contributed by atoms with van der Waals surface area (Å²) in [7, 11) is 0. The minimum atomic E-state index is -1.61. The van der Waals surface area contributed by atoms with Crippen molar-refractivity contribution in [1.82, 2.24) is 5.32 Å². The van der Waals surface area contributed by atoms with Gasteiger partial charge in [0.25, 0.3) is 11.7 Å². The lowest BCUT2D eigenvalue weighted by atomic mass is 10.0. The highest BCUT2D eigenvalue weighted by Crippen LogP contribution is 2.23. The largest absolute Gasteiger partial charge is 0.480 e. The van der Waals surface area contributed by atoms with E-state index in [1.165, 1.54) is 6.92 Å². The van der Waals surface area contributed by atoms with E-state index in [1.54, 1.807) is 42.5 Å². The van der Waals surface area contributed by atoms with Crippen molar-refractivity contribution in [2.24, 2.45) is 5.92 Å². The number of allylic oxidation sites excluding steroid dienone is 1. The predicted molar refractivity (Wildman–Crippen MR) is 95.1 cm³/mol. The molecule has 146 valence electrons. The van der Waals surface area contributed by atoms with Gasteiger partial charge in [0.2, 0.25) is 0 Å². The molecule has 0 aliphatic carbocycles. The topological polar surface area (TPSA) is 122 Å². The SMILES string of the molecule is C[C@]1(C(=O)O)OC[C@@H](C/C=C/CC(NC(=O)c2ccccc2)C(=O)O)CO1. The first kappa shape index (κ1) is 20.6. The van der Waals surface area contributed by atoms with E-state index in [0.29, 0.717) is 12.0 Å². The number of hydrogen-bond donors (Lipinski definition) is 3. The molecule has 0 saturated carbocycles. The normalized spacial score (nSPS) is 23.7. The summed E-state index contributed by atoms with van der Waals surface area (Å²) in [6.07, 6.45) is 4.14. The summed E-state index contributed by atoms with van der Waals surface area (Å²) in [5, 5.41) is 20.8. The summed E-state index contributed by atoms with van der Waals surface area (Å²) in [6, 6.07) is 7.35. The molecule has 0 radical (unpaired) electrons. The van der Waals surface area contributed by atoms with Crippen LogP contribution in [0.3, 0.4) is 0 Å². The Balaban J connectivity index is 1.80. The number of carboxylic acid groups (broad SMARTS) is 2. The molecule has 0 spiro atoms. The molecular weight excluding hydrogens is 354 g/mol. The van der Waals surface area contributed by atoms with Crippen molar-refractivity contribution in [2.75, 3.05) is 13.2 Å². The minimum Gasteiger partial charge on any atom is -0.480 e. The van der Waals surface area contributed by atoms with E-state index in [0.717, 1.165) is 0 Å². The van der Waals surface area contributed by atoms with E-state index >= 15 is 0 Å². The Morgan fingerprint density at radius 2 is 1.81 bits per heavy atom. The van der Waals surface area contributed by atoms with Gasteiger partial charge in [-0.3, -0.25) is 4.79 Å². The maximum Gasteiger partial charge on any atom is 0.364 e. The second-order valence-corrected chi connectivity index (χ2v) is 6.41. The standard InChI is InChI=1S/C19H23NO7/c1-19(18(24)25)26-11-13(12-27-19)7-5-6-10-15(17(22)23)20-16(21)14-8-3-2-4-9-14/h2-6,8-9,13,15H,7,10-12H2,1H3,(H,20,21)(H,22,23)(H,24,25)/b6-5+/t13-,15?,19+. The molecule has 0 bridgehead atoms. The van der Waals surface area contributed by atoms with Crippen LogP contribution in [0.1, 0.15) is 30.1 Å². The van der Waals surface area contributed by atoms with Crippen molar-refractivity contribution >= 4 is 17.8 Å². The summed E-state index contributed by atoms with van der Waals surface area (Å²) in [5.74, 6) is -4.37. The molecule has 1 aliphatic rings. The van der Waals surface area contributed by atoms with Gasteiger partial charge >= 0.3 is 11.9 Å². The van der Waals surface area contributed by atoms with E-state index < -0.39 is 29.7 Å². The van der Waals surface area contributed by atoms with Gasteiger partial charge < -0.3 is 25.0 Å². The van der Waals surface area contributed by atoms with Crippen LogP contribution in [0.15, 0.2) is 42.5 Å². The van der Waals surface area contributed by atoms with Gasteiger partial charge in [-0.2, -0.15) is 0 Å². The lowest BCUT2D eigenvalue weighted by Gasteiger charge is -2.33. The number of benzene rings is 1. The molecule has 27 heavy (non-hydrogen) atoms. The Morgan fingerprint density at radius 3 is 2.37 bits per heavy atom. The van der Waals surface area contributed by atoms with Gasteiger partial charge in [-0.15, -0.1) is 0 Å². The number of carbonyl (C=O) groups is 3. The molecule has 1 aromatic rings. The summed E-state index contributed by atoms with van der Waals surface area (Å²) < 4.78 is 10.5. The molecule has 1 saturated heterocycles. The van der Waals surface area contributed by atoms with Crippen LogP contribution in [0.2, 0.25) is 0 Å². The van der Waals surface area contributed by atoms with Crippen molar-refractivity contribution < 1.29 is 34.1 Å². The molecule has 3 N–H and O–H groups in total. The number of hydrogen-bond acceptors (Lipinski definition) is 5. The second-order valence-electron chi connectivity index (χ2n) is 6.41. The molecule has 1 atom stereocenters. The Kier molecular flexibility index (Phi) is 7.09. The molecule has 8 nitrogen and oxygen atoms in total. The van der Waals surface area contributed by atoms with Crippen LogP contribution in [-0.4, -0.2) is 53.1 Å². The average Bonchev–Trinajstić information content (AvgIpc) is 2.66. The van der Waals surface area contributed by atoms with Crippen LogP contribution < -0.4 is 5.32 Å². The van der Waals surface area contributed by atoms with Crippen LogP contribution in [-0.2, 0) is 19.1 Å². The first-order valence-electron chi connectivity index (χ1n) is 8.57. The smallest absolute Gasteiger partial charge is 0.364 e. The van der Waals surface area contributed by atoms with Crippen LogP contribution in [0, 0.1) is 5.92 Å². The van der Waals surface area contributed by atoms with Crippen molar-refractivity contribution in [3.8, 4) is 0 Å². The van der Waals surface area contributed by atoms with E-state index in [2.05, 4.69) is 5.32 Å². The highest BCUT2D eigenvalue weighted by molar-refractivity contribution is 5.96. The molecule has 1 fully saturated rings. The lowest BCUT2D eigenvalue weighted by molar-refractivity contribution is -0.270. The molecule has 8 heteroatoms. The predicted octanol–water partition coefficient (Wildman–Crippen LogP) is 1.67. The Hall–Kier alpha value is -2.71. The number of carbonyl (C=O) groups excluding carboxylic acids is 1. The number of nitrogens with one attached hydrogen (secondary N) is 1. The second kappa shape index (κ2) is 9.29. The van der Waals surface area contributed by atoms with Crippen molar-refractivity contribution in [2.45, 2.75) is 31.6 Å². The fraction of sp³-hybridized carbons (Fsp3) is 0.421. The highest BCUT2D eigenvalue weighted by atomic mass is 16.7. The van der Waals surface area contributed by atoms with Crippen LogP contribution in [0.25, 0.3) is 0 Å². The maximum atomic E-state index is 12.1. The molecular formula is C19H23NO7. The van der Waals surface area contributed by atoms with Crippen molar-refractivity contribution in [1.29, 1.82) is 0 Å². The van der Waals surface area contributed by atoms with Crippen LogP contribution in [0.4, 0.5) is 0 Å². The molecule has 1 amide bonds. The van der Waals surface area contributed by atoms with E-state index in [9.17, 15) is 19.5 Å². The maximum absolute atomic E-state index is 12.1. The third-order valence-corrected chi connectivity index (χ3v) is 4.22. The molecule has 1 heterocycles. The minimum absolute atomic E-state index is 0.0177. The van der Waals surface area contributed by atoms with Gasteiger partial charge in [0.05, 0.1) is 13.2 Å². The first-order chi connectivity index (χ1) is 12.8. The number of carboxylic acids is 2. The van der Waals surface area contributed by atoms with E-state index in [4.69, 9.17) is 14.6 Å². The zero-order valence-corrected chi connectivity index (χ0v) is 15.0. The number of amides is 1. The van der Waals surface area contributed by atoms with E-state index in [-0.39, 0.29) is 25.6 Å². The van der Waals surface area contributed by atoms with Gasteiger partial charge in [-0.25, -0.2) is 9.59 Å². The van der Waals surface area contributed by atoms with Gasteiger partial charge in [0.1, 0.15) is 6.04 Å². The van der Waals surface area contributed by atoms with Gasteiger partial charge in [0, 0.05) is 18.4 Å². The molecule has 1 aromatic carbocycles. The monoisotopic (exact) mass is 377 g/mol. The number of rotatable bonds is 8. The van der Waals surface area contributed by atoms with Crippen molar-refractivity contribution in [3.05, 3.63) is 48.0 Å². The number of ether oxygens (including phenoxy) is 2. The summed E-state index contributed by atoms with van der Waals surface area (Å²) in [5.41, 5.74) is 0.394. The third-order valence-electron chi connectivity index (χ3n) is 4.22. The number of aliphatic carboxylic acids is 2. The van der Waals surface area contributed by atoms with Crippen LogP contribution >= 0.6 is 0 Å². The van der Waals surface area contributed by atoms with Gasteiger partial charge in [0.15, 0.2) is 0 Å². The Labute approximate surface area is 156 Å². The molecule has 1 aliphatic heterocycles. The third kappa shape index (κ3) is 5.90. The fourth-order valence-corrected chi connectivity index (χ4v) is 2.48. The van der Waals surface area contributed by atoms with E-state index in [1.807, 2.05) is 0 Å². The Bertz CT molecular complexity index is 693. The lowest BCUT2D eigenvalue weighted by Crippen LogP contribution is -2.47. The molecule has 1 unspecified atom stereocenters. The summed E-state index contributed by atoms with van der Waals surface area (Å²) >= 11 is 0. The van der Waals surface area contributed by atoms with Crippen molar-refractivity contribution in [3.63, 3.8) is 0 Å². The fourth-order valence-electron chi connectivity index (χ4n) is 2.48. The quantitative estimate of drug-likeness (QED) is 0.589. The summed E-state index contributed by atoms with van der Waals surface area (Å²) in [4.78, 5) is 34.4. The molecule has 2 rings (SSSR count). The van der Waals surface area contributed by atoms with Gasteiger partial charge in [-0.05, 0) is 25.0 Å². The van der Waals surface area contributed by atoms with Crippen LogP contribution in [0.5, 0.6) is 0 Å². The zero-order chi connectivity index (χ0) is 19.9. The Morgan fingerprint density at radius 1 is 1.19 bits per heavy atom. The summed E-state index contributed by atoms with van der Waals surface area (Å²) in [6.45, 7) is 1.83. The zero-order valence-electron chi connectivity index (χ0n) is 15.0.